The van der Waals surface area contributed by atoms with Crippen LogP contribution in [0.3, 0.4) is 0 Å². The zero-order valence-corrected chi connectivity index (χ0v) is 10.4. The second kappa shape index (κ2) is 8.01. The summed E-state index contributed by atoms with van der Waals surface area (Å²) in [6.45, 7) is 10.7. The molecule has 2 atom stereocenters. The molecule has 2 rings (SSSR count). The maximum absolute atomic E-state index is 8.97. The summed E-state index contributed by atoms with van der Waals surface area (Å²) in [5.74, 6) is 0. The molecule has 2 N–H and O–H groups in total. The number of morpholine rings is 1. The van der Waals surface area contributed by atoms with Gasteiger partial charge in [-0.25, -0.2) is 0 Å². The molecule has 4 heteroatoms. The van der Waals surface area contributed by atoms with Crippen LogP contribution in [0.25, 0.3) is 0 Å². The van der Waals surface area contributed by atoms with Crippen LogP contribution < -0.4 is 5.32 Å². The van der Waals surface area contributed by atoms with Crippen molar-refractivity contribution in [2.45, 2.75) is 32.5 Å². The Morgan fingerprint density at radius 1 is 1.44 bits per heavy atom. The molecule has 2 aliphatic rings. The molecule has 2 radical (unpaired) electrons. The molecule has 2 heterocycles. The van der Waals surface area contributed by atoms with Crippen LogP contribution >= 0.6 is 0 Å². The Morgan fingerprint density at radius 3 is 2.56 bits per heavy atom. The van der Waals surface area contributed by atoms with E-state index in [4.69, 9.17) is 9.84 Å². The molecule has 0 spiro atoms. The lowest BCUT2D eigenvalue weighted by Gasteiger charge is -2.21. The first-order valence-electron chi connectivity index (χ1n) is 6.09. The lowest BCUT2D eigenvalue weighted by atomic mass is 10.2. The highest BCUT2D eigenvalue weighted by molar-refractivity contribution is 4.77. The second-order valence-corrected chi connectivity index (χ2v) is 4.14. The summed E-state index contributed by atoms with van der Waals surface area (Å²) in [4.78, 5) is 2.13. The lowest BCUT2D eigenvalue weighted by Crippen LogP contribution is -2.38. The van der Waals surface area contributed by atoms with Gasteiger partial charge >= 0.3 is 0 Å². The van der Waals surface area contributed by atoms with Crippen LogP contribution in [0.2, 0.25) is 0 Å². The molecule has 0 aromatic carbocycles. The predicted octanol–water partition coefficient (Wildman–Crippen LogP) is 0.434. The number of nitrogens with one attached hydrogen (secondary N) is 1. The molecule has 2 saturated heterocycles. The molecule has 0 aliphatic carbocycles. The van der Waals surface area contributed by atoms with Crippen LogP contribution in [-0.2, 0) is 4.74 Å². The Hall–Kier alpha value is -0.160. The molecule has 0 aromatic heterocycles. The summed E-state index contributed by atoms with van der Waals surface area (Å²) < 4.78 is 5.31. The van der Waals surface area contributed by atoms with E-state index in [0.29, 0.717) is 6.10 Å². The molecule has 0 aromatic rings. The minimum atomic E-state index is -0.0776. The smallest absolute Gasteiger partial charge is 0.0729 e. The topological polar surface area (TPSA) is 44.7 Å². The van der Waals surface area contributed by atoms with Crippen molar-refractivity contribution in [3.8, 4) is 0 Å². The van der Waals surface area contributed by atoms with Crippen LogP contribution in [-0.4, -0.2) is 55.0 Å². The maximum Gasteiger partial charge on any atom is 0.0729 e. The molecular formula is C12H24N2O2. The van der Waals surface area contributed by atoms with Gasteiger partial charge in [0.2, 0.25) is 0 Å². The molecule has 2 fully saturated rings. The number of rotatable bonds is 2. The highest BCUT2D eigenvalue weighted by atomic mass is 16.5. The van der Waals surface area contributed by atoms with Crippen molar-refractivity contribution >= 4 is 0 Å². The zero-order chi connectivity index (χ0) is 11.8. The van der Waals surface area contributed by atoms with E-state index >= 15 is 0 Å². The van der Waals surface area contributed by atoms with E-state index < -0.39 is 0 Å². The van der Waals surface area contributed by atoms with Gasteiger partial charge in [-0.05, 0) is 19.8 Å². The standard InChI is InChI=1S/2C6H12NO/c1-2-7-4-3-6(8)5-7;1-2-6-5-7-3-4-8-6/h2,6,8H,3-5H2,1H3;2,6-7H,3-5H2,1H3. The minimum Gasteiger partial charge on any atom is -0.392 e. The van der Waals surface area contributed by atoms with Crippen molar-refractivity contribution in [3.63, 3.8) is 0 Å². The summed E-state index contributed by atoms with van der Waals surface area (Å²) in [5, 5.41) is 12.2. The molecule has 4 nitrogen and oxygen atoms in total. The fourth-order valence-corrected chi connectivity index (χ4v) is 1.80. The number of aliphatic hydroxyl groups excluding tert-OH is 1. The molecule has 0 bridgehead atoms. The third-order valence-electron chi connectivity index (χ3n) is 2.89. The van der Waals surface area contributed by atoms with E-state index in [1.807, 2.05) is 20.4 Å². The van der Waals surface area contributed by atoms with Crippen LogP contribution in [0, 0.1) is 13.0 Å². The Balaban J connectivity index is 0.000000160. The molecule has 2 unspecified atom stereocenters. The molecule has 2 aliphatic heterocycles. The average molecular weight is 228 g/mol. The third kappa shape index (κ3) is 5.25. The fraction of sp³-hybridized carbons (Fsp3) is 0.833. The quantitative estimate of drug-likeness (QED) is 0.719. The lowest BCUT2D eigenvalue weighted by molar-refractivity contribution is 0.0495. The van der Waals surface area contributed by atoms with Gasteiger partial charge < -0.3 is 15.2 Å². The highest BCUT2D eigenvalue weighted by Gasteiger charge is 2.17. The number of aliphatic hydroxyl groups is 1. The summed E-state index contributed by atoms with van der Waals surface area (Å²) in [7, 11) is 0. The zero-order valence-electron chi connectivity index (χ0n) is 10.4. The van der Waals surface area contributed by atoms with Crippen molar-refractivity contribution in [1.82, 2.24) is 10.2 Å². The largest absolute Gasteiger partial charge is 0.392 e. The van der Waals surface area contributed by atoms with Crippen LogP contribution in [0.4, 0.5) is 0 Å². The first-order valence-corrected chi connectivity index (χ1v) is 6.09. The monoisotopic (exact) mass is 228 g/mol. The van der Waals surface area contributed by atoms with E-state index in [0.717, 1.165) is 39.2 Å². The summed E-state index contributed by atoms with van der Waals surface area (Å²) >= 11 is 0. The van der Waals surface area contributed by atoms with Gasteiger partial charge in [0.1, 0.15) is 0 Å². The van der Waals surface area contributed by atoms with Crippen LogP contribution in [0.1, 0.15) is 20.3 Å². The molecule has 0 saturated carbocycles. The van der Waals surface area contributed by atoms with E-state index in [9.17, 15) is 0 Å². The number of likely N-dealkylation sites (tertiary alicyclic amines) is 1. The van der Waals surface area contributed by atoms with Gasteiger partial charge in [0.05, 0.1) is 18.8 Å². The van der Waals surface area contributed by atoms with E-state index in [2.05, 4.69) is 16.6 Å². The Morgan fingerprint density at radius 2 is 2.25 bits per heavy atom. The third-order valence-corrected chi connectivity index (χ3v) is 2.89. The first kappa shape index (κ1) is 13.9. The van der Waals surface area contributed by atoms with Crippen molar-refractivity contribution in [2.75, 3.05) is 32.8 Å². The van der Waals surface area contributed by atoms with Crippen molar-refractivity contribution in [1.29, 1.82) is 0 Å². The predicted molar refractivity (Wildman–Crippen MR) is 64.8 cm³/mol. The normalized spacial score (nSPS) is 30.9. The summed E-state index contributed by atoms with van der Waals surface area (Å²) in [5.41, 5.74) is 0. The van der Waals surface area contributed by atoms with Crippen molar-refractivity contribution < 1.29 is 9.84 Å². The molecule has 16 heavy (non-hydrogen) atoms. The Labute approximate surface area is 99.0 Å². The van der Waals surface area contributed by atoms with Crippen LogP contribution in [0.5, 0.6) is 0 Å². The van der Waals surface area contributed by atoms with Gasteiger partial charge in [0, 0.05) is 32.7 Å². The van der Waals surface area contributed by atoms with E-state index in [1.165, 1.54) is 0 Å². The van der Waals surface area contributed by atoms with Crippen LogP contribution in [0.15, 0.2) is 0 Å². The fourth-order valence-electron chi connectivity index (χ4n) is 1.80. The number of nitrogens with zero attached hydrogens (tertiary/aromatic N) is 1. The van der Waals surface area contributed by atoms with Crippen molar-refractivity contribution in [2.24, 2.45) is 0 Å². The minimum absolute atomic E-state index is 0.0776. The van der Waals surface area contributed by atoms with E-state index in [1.54, 1.807) is 0 Å². The molecule has 94 valence electrons. The summed E-state index contributed by atoms with van der Waals surface area (Å²) in [6.07, 6.45) is 3.28. The Bertz CT molecular complexity index is 168. The van der Waals surface area contributed by atoms with Gasteiger partial charge in [-0.1, -0.05) is 6.92 Å². The Kier molecular flexibility index (Phi) is 6.96. The first-order chi connectivity index (χ1) is 7.76. The van der Waals surface area contributed by atoms with Gasteiger partial charge in [-0.15, -0.1) is 0 Å². The number of hydrogen-bond donors (Lipinski definition) is 2. The molecular weight excluding hydrogens is 204 g/mol. The van der Waals surface area contributed by atoms with Gasteiger partial charge in [0.25, 0.3) is 0 Å². The number of ether oxygens (including phenoxy) is 1. The van der Waals surface area contributed by atoms with Gasteiger partial charge in [-0.2, -0.15) is 0 Å². The van der Waals surface area contributed by atoms with Gasteiger partial charge in [-0.3, -0.25) is 4.90 Å². The average Bonchev–Trinajstić information content (AvgIpc) is 2.77. The van der Waals surface area contributed by atoms with Crippen molar-refractivity contribution in [3.05, 3.63) is 13.0 Å². The maximum atomic E-state index is 8.97. The SMILES string of the molecule is C[CH]C1CNCCO1.C[CH]N1CCC(O)C1. The summed E-state index contributed by atoms with van der Waals surface area (Å²) in [6, 6.07) is 0. The van der Waals surface area contributed by atoms with E-state index in [-0.39, 0.29) is 6.10 Å². The molecule has 0 amide bonds. The highest BCUT2D eigenvalue weighted by Crippen LogP contribution is 2.08. The number of hydrogen-bond acceptors (Lipinski definition) is 4. The van der Waals surface area contributed by atoms with Gasteiger partial charge in [0.15, 0.2) is 0 Å². The second-order valence-electron chi connectivity index (χ2n) is 4.14. The number of β-amino-alcohol motifs (C(OH)–C–C–N with tert-alkyl or cyclic N) is 1.